The predicted molar refractivity (Wildman–Crippen MR) is 114 cm³/mol. The lowest BCUT2D eigenvalue weighted by Crippen LogP contribution is -2.15. The average molecular weight is 424 g/mol. The Morgan fingerprint density at radius 1 is 1.24 bits per heavy atom. The normalized spacial score (nSPS) is 10.2. The fourth-order valence-electron chi connectivity index (χ4n) is 2.47. The van der Waals surface area contributed by atoms with E-state index in [4.69, 9.17) is 4.74 Å². The van der Waals surface area contributed by atoms with Gasteiger partial charge in [0.25, 0.3) is 0 Å². The molecule has 2 aromatic heterocycles. The van der Waals surface area contributed by atoms with Crippen LogP contribution in [0.25, 0.3) is 10.6 Å². The highest BCUT2D eigenvalue weighted by Crippen LogP contribution is 2.28. The number of pyridine rings is 1. The fourth-order valence-corrected chi connectivity index (χ4v) is 3.93. The van der Waals surface area contributed by atoms with E-state index in [1.807, 2.05) is 17.5 Å². The summed E-state index contributed by atoms with van der Waals surface area (Å²) in [6, 6.07) is 16.1. The second-order valence-electron chi connectivity index (χ2n) is 5.78. The molecule has 146 valence electrons. The zero-order chi connectivity index (χ0) is 20.6. The Morgan fingerprint density at radius 3 is 2.83 bits per heavy atom. The molecule has 0 saturated carbocycles. The summed E-state index contributed by atoms with van der Waals surface area (Å²) < 4.78 is 4.97. The van der Waals surface area contributed by atoms with Crippen LogP contribution in [0.5, 0.6) is 0 Å². The van der Waals surface area contributed by atoms with Gasteiger partial charge in [0.15, 0.2) is 0 Å². The molecule has 0 spiro atoms. The maximum Gasteiger partial charge on any atom is 0.338 e. The van der Waals surface area contributed by atoms with Gasteiger partial charge in [-0.2, -0.15) is 5.26 Å². The van der Waals surface area contributed by atoms with Crippen molar-refractivity contribution in [2.75, 3.05) is 17.7 Å². The van der Waals surface area contributed by atoms with Gasteiger partial charge in [0.05, 0.1) is 34.1 Å². The second kappa shape index (κ2) is 9.87. The summed E-state index contributed by atoms with van der Waals surface area (Å²) in [6.07, 6.45) is 0. The molecule has 0 aliphatic rings. The first-order valence-electron chi connectivity index (χ1n) is 8.75. The highest BCUT2D eigenvalue weighted by molar-refractivity contribution is 8.00. The van der Waals surface area contributed by atoms with Crippen LogP contribution in [-0.4, -0.2) is 29.2 Å². The van der Waals surface area contributed by atoms with Gasteiger partial charge >= 0.3 is 5.97 Å². The van der Waals surface area contributed by atoms with E-state index >= 15 is 0 Å². The maximum absolute atomic E-state index is 12.3. The number of aromatic nitrogens is 1. The lowest BCUT2D eigenvalue weighted by Gasteiger charge is -2.08. The van der Waals surface area contributed by atoms with Gasteiger partial charge in [-0.3, -0.25) is 4.79 Å². The summed E-state index contributed by atoms with van der Waals surface area (Å²) in [4.78, 5) is 29.7. The van der Waals surface area contributed by atoms with E-state index in [2.05, 4.69) is 16.4 Å². The molecule has 8 heteroatoms. The minimum Gasteiger partial charge on any atom is -0.462 e. The third-order valence-corrected chi connectivity index (χ3v) is 5.64. The van der Waals surface area contributed by atoms with Crippen LogP contribution in [0.1, 0.15) is 22.8 Å². The Morgan fingerprint density at radius 2 is 2.10 bits per heavy atom. The van der Waals surface area contributed by atoms with Crippen molar-refractivity contribution in [2.24, 2.45) is 0 Å². The molecule has 1 N–H and O–H groups in total. The van der Waals surface area contributed by atoms with Crippen LogP contribution in [-0.2, 0) is 9.53 Å². The first-order valence-corrected chi connectivity index (χ1v) is 10.6. The number of rotatable bonds is 7. The molecule has 0 saturated heterocycles. The van der Waals surface area contributed by atoms with Gasteiger partial charge in [-0.1, -0.05) is 23.9 Å². The summed E-state index contributed by atoms with van der Waals surface area (Å²) in [5, 5.41) is 14.5. The predicted octanol–water partition coefficient (Wildman–Crippen LogP) is 4.59. The zero-order valence-electron chi connectivity index (χ0n) is 15.5. The van der Waals surface area contributed by atoms with Crippen LogP contribution in [0.15, 0.2) is 58.9 Å². The standard InChI is InChI=1S/C21H17N3O3S2/c1-2-27-21(26)14-5-3-6-16(11-14)23-19(25)13-29-20-15(12-22)8-9-17(24-20)18-7-4-10-28-18/h3-11H,2,13H2,1H3,(H,23,25). The van der Waals surface area contributed by atoms with E-state index < -0.39 is 5.97 Å². The molecule has 3 rings (SSSR count). The number of hydrogen-bond acceptors (Lipinski definition) is 7. The van der Waals surface area contributed by atoms with Crippen molar-refractivity contribution in [3.8, 4) is 16.6 Å². The number of hydrogen-bond donors (Lipinski definition) is 1. The number of anilines is 1. The lowest BCUT2D eigenvalue weighted by atomic mass is 10.2. The van der Waals surface area contributed by atoms with Crippen LogP contribution in [0, 0.1) is 11.3 Å². The van der Waals surface area contributed by atoms with E-state index in [0.717, 1.165) is 10.6 Å². The summed E-state index contributed by atoms with van der Waals surface area (Å²) in [5.74, 6) is -0.617. The smallest absolute Gasteiger partial charge is 0.338 e. The molecule has 1 amide bonds. The quantitative estimate of drug-likeness (QED) is 0.441. The molecule has 0 atom stereocenters. The SMILES string of the molecule is CCOC(=O)c1cccc(NC(=O)CSc2nc(-c3cccs3)ccc2C#N)c1. The molecule has 0 radical (unpaired) electrons. The largest absolute Gasteiger partial charge is 0.462 e. The lowest BCUT2D eigenvalue weighted by molar-refractivity contribution is -0.113. The van der Waals surface area contributed by atoms with Crippen LogP contribution in [0.4, 0.5) is 5.69 Å². The first-order chi connectivity index (χ1) is 14.1. The van der Waals surface area contributed by atoms with Gasteiger partial charge in [-0.25, -0.2) is 9.78 Å². The number of nitrogens with zero attached hydrogens (tertiary/aromatic N) is 2. The van der Waals surface area contributed by atoms with Crippen molar-refractivity contribution >= 4 is 40.7 Å². The van der Waals surface area contributed by atoms with Gasteiger partial charge in [0.1, 0.15) is 11.1 Å². The topological polar surface area (TPSA) is 92.1 Å². The Balaban J connectivity index is 1.67. The number of nitrogens with one attached hydrogen (secondary N) is 1. The number of thioether (sulfide) groups is 1. The first kappa shape index (κ1) is 20.6. The summed E-state index contributed by atoms with van der Waals surface area (Å²) >= 11 is 2.76. The Labute approximate surface area is 176 Å². The molecule has 0 unspecified atom stereocenters. The minimum atomic E-state index is -0.439. The molecule has 3 aromatic rings. The van der Waals surface area contributed by atoms with Crippen molar-refractivity contribution < 1.29 is 14.3 Å². The van der Waals surface area contributed by atoms with E-state index in [0.29, 0.717) is 21.8 Å². The number of amides is 1. The van der Waals surface area contributed by atoms with Gasteiger partial charge in [-0.05, 0) is 48.7 Å². The number of ether oxygens (including phenoxy) is 1. The second-order valence-corrected chi connectivity index (χ2v) is 7.69. The summed E-state index contributed by atoms with van der Waals surface area (Å²) in [5.41, 5.74) is 2.06. The van der Waals surface area contributed by atoms with Crippen LogP contribution < -0.4 is 5.32 Å². The van der Waals surface area contributed by atoms with Gasteiger partial charge < -0.3 is 10.1 Å². The van der Waals surface area contributed by atoms with Crippen molar-refractivity contribution in [1.29, 1.82) is 5.26 Å². The van der Waals surface area contributed by atoms with Crippen molar-refractivity contribution in [3.05, 3.63) is 65.0 Å². The van der Waals surface area contributed by atoms with Crippen molar-refractivity contribution in [3.63, 3.8) is 0 Å². The monoisotopic (exact) mass is 423 g/mol. The number of benzene rings is 1. The molecule has 29 heavy (non-hydrogen) atoms. The number of thiophene rings is 1. The van der Waals surface area contributed by atoms with E-state index in [-0.39, 0.29) is 18.3 Å². The highest BCUT2D eigenvalue weighted by Gasteiger charge is 2.12. The van der Waals surface area contributed by atoms with Gasteiger partial charge in [0, 0.05) is 5.69 Å². The Kier molecular flexibility index (Phi) is 7.00. The fraction of sp³-hybridized carbons (Fsp3) is 0.143. The molecule has 0 aliphatic carbocycles. The molecular formula is C21H17N3O3S2. The Hall–Kier alpha value is -3.15. The molecule has 0 fully saturated rings. The molecule has 1 aromatic carbocycles. The Bertz CT molecular complexity index is 1060. The summed E-state index contributed by atoms with van der Waals surface area (Å²) in [7, 11) is 0. The summed E-state index contributed by atoms with van der Waals surface area (Å²) in [6.45, 7) is 2.02. The zero-order valence-corrected chi connectivity index (χ0v) is 17.2. The number of esters is 1. The van der Waals surface area contributed by atoms with Crippen LogP contribution in [0.3, 0.4) is 0 Å². The van der Waals surface area contributed by atoms with Crippen molar-refractivity contribution in [2.45, 2.75) is 11.9 Å². The van der Waals surface area contributed by atoms with Gasteiger partial charge in [-0.15, -0.1) is 11.3 Å². The van der Waals surface area contributed by atoms with E-state index in [9.17, 15) is 14.9 Å². The molecule has 0 aliphatic heterocycles. The molecule has 6 nitrogen and oxygen atoms in total. The molecule has 0 bridgehead atoms. The molecule has 2 heterocycles. The number of nitriles is 1. The van der Waals surface area contributed by atoms with E-state index in [1.54, 1.807) is 54.7 Å². The van der Waals surface area contributed by atoms with Crippen LogP contribution >= 0.6 is 23.1 Å². The maximum atomic E-state index is 12.3. The van der Waals surface area contributed by atoms with Gasteiger partial charge in [0.2, 0.25) is 5.91 Å². The average Bonchev–Trinajstić information content (AvgIpc) is 3.27. The number of carbonyl (C=O) groups is 2. The van der Waals surface area contributed by atoms with Crippen LogP contribution in [0.2, 0.25) is 0 Å². The van der Waals surface area contributed by atoms with Crippen molar-refractivity contribution in [1.82, 2.24) is 4.98 Å². The molecular weight excluding hydrogens is 406 g/mol. The third kappa shape index (κ3) is 5.44. The third-order valence-electron chi connectivity index (χ3n) is 3.75. The highest BCUT2D eigenvalue weighted by atomic mass is 32.2. The minimum absolute atomic E-state index is 0.0825. The van der Waals surface area contributed by atoms with E-state index in [1.165, 1.54) is 11.8 Å². The number of carbonyl (C=O) groups excluding carboxylic acids is 2.